The number of rotatable bonds is 4. The van der Waals surface area contributed by atoms with Crippen molar-refractivity contribution < 1.29 is 5.11 Å². The number of halogens is 1. The van der Waals surface area contributed by atoms with Crippen molar-refractivity contribution in [2.75, 3.05) is 13.2 Å². The van der Waals surface area contributed by atoms with Gasteiger partial charge in [-0.15, -0.1) is 0 Å². The minimum absolute atomic E-state index is 0.266. The fourth-order valence-corrected chi connectivity index (χ4v) is 3.21. The number of nitrogens with zero attached hydrogens (tertiary/aromatic N) is 3. The van der Waals surface area contributed by atoms with E-state index in [0.29, 0.717) is 6.04 Å². The summed E-state index contributed by atoms with van der Waals surface area (Å²) in [6, 6.07) is 4.29. The first-order valence-corrected chi connectivity index (χ1v) is 7.62. The zero-order valence-corrected chi connectivity index (χ0v) is 12.3. The Morgan fingerprint density at radius 2 is 2.20 bits per heavy atom. The molecule has 5 heteroatoms. The Bertz CT molecular complexity index is 582. The SMILES string of the molecule is OCCC1CCCCN1Cc1cn2cc(Cl)ccc2n1. The average Bonchev–Trinajstić information content (AvgIpc) is 2.82. The molecule has 1 atom stereocenters. The zero-order valence-electron chi connectivity index (χ0n) is 11.5. The van der Waals surface area contributed by atoms with E-state index >= 15 is 0 Å². The molecule has 3 rings (SSSR count). The normalized spacial score (nSPS) is 20.6. The molecule has 0 radical (unpaired) electrons. The maximum atomic E-state index is 9.19. The smallest absolute Gasteiger partial charge is 0.137 e. The van der Waals surface area contributed by atoms with Crippen LogP contribution in [0.4, 0.5) is 0 Å². The summed E-state index contributed by atoms with van der Waals surface area (Å²) in [5.41, 5.74) is 2.00. The van der Waals surface area contributed by atoms with Crippen LogP contribution in [0.1, 0.15) is 31.4 Å². The van der Waals surface area contributed by atoms with E-state index in [1.54, 1.807) is 0 Å². The van der Waals surface area contributed by atoms with Gasteiger partial charge in [0.15, 0.2) is 0 Å². The van der Waals surface area contributed by atoms with Crippen LogP contribution in [0.15, 0.2) is 24.5 Å². The van der Waals surface area contributed by atoms with Crippen LogP contribution in [0, 0.1) is 0 Å². The summed E-state index contributed by atoms with van der Waals surface area (Å²) in [7, 11) is 0. The molecule has 1 unspecified atom stereocenters. The average molecular weight is 294 g/mol. The number of aliphatic hydroxyl groups is 1. The second kappa shape index (κ2) is 6.12. The maximum absolute atomic E-state index is 9.19. The van der Waals surface area contributed by atoms with Crippen molar-refractivity contribution in [2.24, 2.45) is 0 Å². The summed E-state index contributed by atoms with van der Waals surface area (Å²) in [4.78, 5) is 7.09. The number of imidazole rings is 1. The van der Waals surface area contributed by atoms with Crippen molar-refractivity contribution >= 4 is 17.2 Å². The van der Waals surface area contributed by atoms with Gasteiger partial charge in [-0.1, -0.05) is 18.0 Å². The van der Waals surface area contributed by atoms with Gasteiger partial charge in [0.2, 0.25) is 0 Å². The van der Waals surface area contributed by atoms with Gasteiger partial charge >= 0.3 is 0 Å². The van der Waals surface area contributed by atoms with Crippen LogP contribution in [0.2, 0.25) is 5.02 Å². The Morgan fingerprint density at radius 1 is 1.30 bits per heavy atom. The van der Waals surface area contributed by atoms with E-state index in [4.69, 9.17) is 11.6 Å². The van der Waals surface area contributed by atoms with E-state index in [9.17, 15) is 5.11 Å². The first kappa shape index (κ1) is 13.9. The van der Waals surface area contributed by atoms with Gasteiger partial charge in [-0.2, -0.15) is 0 Å². The molecule has 0 aliphatic carbocycles. The lowest BCUT2D eigenvalue weighted by atomic mass is 9.99. The number of likely N-dealkylation sites (tertiary alicyclic amines) is 1. The van der Waals surface area contributed by atoms with E-state index in [1.807, 2.05) is 28.9 Å². The predicted octanol–water partition coefficient (Wildman–Crippen LogP) is 2.72. The van der Waals surface area contributed by atoms with Gasteiger partial charge in [-0.25, -0.2) is 4.98 Å². The van der Waals surface area contributed by atoms with Crippen LogP contribution in [-0.2, 0) is 6.54 Å². The molecule has 2 aromatic rings. The van der Waals surface area contributed by atoms with Crippen LogP contribution in [-0.4, -0.2) is 38.6 Å². The molecule has 1 fully saturated rings. The molecular formula is C15H20ClN3O. The van der Waals surface area contributed by atoms with Crippen LogP contribution in [0.25, 0.3) is 5.65 Å². The third-order valence-corrected chi connectivity index (χ3v) is 4.26. The summed E-state index contributed by atoms with van der Waals surface area (Å²) in [5, 5.41) is 9.91. The van der Waals surface area contributed by atoms with Crippen molar-refractivity contribution in [1.82, 2.24) is 14.3 Å². The first-order chi connectivity index (χ1) is 9.76. The highest BCUT2D eigenvalue weighted by atomic mass is 35.5. The number of fused-ring (bicyclic) bond motifs is 1. The van der Waals surface area contributed by atoms with Gasteiger partial charge in [-0.3, -0.25) is 4.90 Å². The molecule has 20 heavy (non-hydrogen) atoms. The molecule has 1 aliphatic rings. The molecule has 0 saturated carbocycles. The van der Waals surface area contributed by atoms with Crippen LogP contribution in [0.5, 0.6) is 0 Å². The molecule has 1 N–H and O–H groups in total. The lowest BCUT2D eigenvalue weighted by Gasteiger charge is -2.34. The van der Waals surface area contributed by atoms with Gasteiger partial charge in [0.05, 0.1) is 10.7 Å². The highest BCUT2D eigenvalue weighted by Crippen LogP contribution is 2.22. The fourth-order valence-electron chi connectivity index (χ4n) is 3.05. The molecule has 0 amide bonds. The standard InChI is InChI=1S/C15H20ClN3O/c16-12-4-5-15-17-13(11-19(15)9-12)10-18-7-2-1-3-14(18)6-8-20/h4-5,9,11,14,20H,1-3,6-8,10H2. The second-order valence-electron chi connectivity index (χ2n) is 5.48. The molecule has 2 aromatic heterocycles. The second-order valence-corrected chi connectivity index (χ2v) is 5.91. The number of hydrogen-bond acceptors (Lipinski definition) is 3. The fraction of sp³-hybridized carbons (Fsp3) is 0.533. The van der Waals surface area contributed by atoms with Gasteiger partial charge in [0, 0.05) is 31.6 Å². The first-order valence-electron chi connectivity index (χ1n) is 7.24. The lowest BCUT2D eigenvalue weighted by Crippen LogP contribution is -2.39. The molecule has 108 valence electrons. The predicted molar refractivity (Wildman–Crippen MR) is 80.0 cm³/mol. The minimum Gasteiger partial charge on any atom is -0.396 e. The third-order valence-electron chi connectivity index (χ3n) is 4.04. The highest BCUT2D eigenvalue weighted by molar-refractivity contribution is 6.30. The quantitative estimate of drug-likeness (QED) is 0.942. The molecule has 0 aromatic carbocycles. The van der Waals surface area contributed by atoms with E-state index in [-0.39, 0.29) is 6.61 Å². The van der Waals surface area contributed by atoms with Crippen LogP contribution in [0.3, 0.4) is 0 Å². The maximum Gasteiger partial charge on any atom is 0.137 e. The van der Waals surface area contributed by atoms with Crippen molar-refractivity contribution in [3.63, 3.8) is 0 Å². The molecule has 1 saturated heterocycles. The van der Waals surface area contributed by atoms with Crippen molar-refractivity contribution in [2.45, 2.75) is 38.3 Å². The minimum atomic E-state index is 0.266. The van der Waals surface area contributed by atoms with E-state index < -0.39 is 0 Å². The van der Waals surface area contributed by atoms with Gasteiger partial charge in [-0.05, 0) is 37.9 Å². The van der Waals surface area contributed by atoms with E-state index in [0.717, 1.165) is 35.9 Å². The number of piperidine rings is 1. The van der Waals surface area contributed by atoms with E-state index in [1.165, 1.54) is 19.3 Å². The molecule has 4 nitrogen and oxygen atoms in total. The summed E-state index contributed by atoms with van der Waals surface area (Å²) in [6.07, 6.45) is 8.47. The molecule has 0 spiro atoms. The Hall–Kier alpha value is -1.10. The molecule has 0 bridgehead atoms. The summed E-state index contributed by atoms with van der Waals surface area (Å²) in [5.74, 6) is 0. The number of pyridine rings is 1. The van der Waals surface area contributed by atoms with Gasteiger partial charge in [0.25, 0.3) is 0 Å². The summed E-state index contributed by atoms with van der Waals surface area (Å²) < 4.78 is 1.97. The van der Waals surface area contributed by atoms with E-state index in [2.05, 4.69) is 9.88 Å². The largest absolute Gasteiger partial charge is 0.396 e. The van der Waals surface area contributed by atoms with Gasteiger partial charge < -0.3 is 9.51 Å². The Morgan fingerprint density at radius 3 is 3.05 bits per heavy atom. The van der Waals surface area contributed by atoms with Crippen molar-refractivity contribution in [3.8, 4) is 0 Å². The Balaban J connectivity index is 1.77. The molecule has 1 aliphatic heterocycles. The zero-order chi connectivity index (χ0) is 13.9. The monoisotopic (exact) mass is 293 g/mol. The Labute approximate surface area is 124 Å². The topological polar surface area (TPSA) is 40.8 Å². The van der Waals surface area contributed by atoms with Crippen molar-refractivity contribution in [1.29, 1.82) is 0 Å². The van der Waals surface area contributed by atoms with Crippen LogP contribution >= 0.6 is 11.6 Å². The van der Waals surface area contributed by atoms with Crippen LogP contribution < -0.4 is 0 Å². The summed E-state index contributed by atoms with van der Waals surface area (Å²) >= 11 is 6.00. The van der Waals surface area contributed by atoms with Crippen molar-refractivity contribution in [3.05, 3.63) is 35.2 Å². The van der Waals surface area contributed by atoms with Gasteiger partial charge in [0.1, 0.15) is 5.65 Å². The highest BCUT2D eigenvalue weighted by Gasteiger charge is 2.22. The number of aliphatic hydroxyl groups excluding tert-OH is 1. The molecule has 3 heterocycles. The Kier molecular flexibility index (Phi) is 4.24. The third kappa shape index (κ3) is 2.97. The molecular weight excluding hydrogens is 274 g/mol. The summed E-state index contributed by atoms with van der Waals surface area (Å²) in [6.45, 7) is 2.21. The number of hydrogen-bond donors (Lipinski definition) is 1. The lowest BCUT2D eigenvalue weighted by molar-refractivity contribution is 0.111. The number of aromatic nitrogens is 2.